The second-order valence-electron chi connectivity index (χ2n) is 6.99. The lowest BCUT2D eigenvalue weighted by Crippen LogP contribution is -2.35. The topological polar surface area (TPSA) is 72.3 Å². The van der Waals surface area contributed by atoms with Gasteiger partial charge in [0.1, 0.15) is 5.84 Å². The van der Waals surface area contributed by atoms with Gasteiger partial charge in [0.2, 0.25) is 5.91 Å². The summed E-state index contributed by atoms with van der Waals surface area (Å²) in [5, 5.41) is 2.81. The van der Waals surface area contributed by atoms with Crippen molar-refractivity contribution in [1.29, 1.82) is 0 Å². The highest BCUT2D eigenvalue weighted by molar-refractivity contribution is 5.98. The van der Waals surface area contributed by atoms with Crippen LogP contribution in [0.5, 0.6) is 11.5 Å². The smallest absolute Gasteiger partial charge is 0.395 e. The largest absolute Gasteiger partial charge is 0.586 e. The molecule has 1 saturated carbocycles. The van der Waals surface area contributed by atoms with Crippen LogP contribution in [0.15, 0.2) is 28.3 Å². The van der Waals surface area contributed by atoms with E-state index >= 15 is 0 Å². The van der Waals surface area contributed by atoms with E-state index in [1.807, 2.05) is 0 Å². The lowest BCUT2D eigenvalue weighted by Gasteiger charge is -2.20. The zero-order valence-electron chi connectivity index (χ0n) is 15.9. The van der Waals surface area contributed by atoms with Gasteiger partial charge in [-0.25, -0.2) is 4.99 Å². The number of alkyl halides is 2. The van der Waals surface area contributed by atoms with Gasteiger partial charge in [-0.1, -0.05) is 19.3 Å². The molecule has 150 valence electrons. The minimum atomic E-state index is -3.68. The first kappa shape index (κ1) is 20.0. The maximum absolute atomic E-state index is 13.3. The fourth-order valence-corrected chi connectivity index (χ4v) is 3.40. The maximum atomic E-state index is 13.3. The Balaban J connectivity index is 1.76. The number of halogens is 2. The fourth-order valence-electron chi connectivity index (χ4n) is 3.40. The molecule has 0 aromatic heterocycles. The molecule has 28 heavy (non-hydrogen) atoms. The van der Waals surface area contributed by atoms with E-state index in [4.69, 9.17) is 0 Å². The highest BCUT2D eigenvalue weighted by atomic mass is 19.3. The van der Waals surface area contributed by atoms with Crippen LogP contribution in [0, 0.1) is 12.8 Å². The summed E-state index contributed by atoms with van der Waals surface area (Å²) in [6, 6.07) is 2.86. The molecule has 1 aliphatic carbocycles. The van der Waals surface area contributed by atoms with Crippen molar-refractivity contribution < 1.29 is 23.0 Å². The Bertz CT molecular complexity index is 843. The molecular formula is C20H23F2N3O3. The van der Waals surface area contributed by atoms with Gasteiger partial charge in [0.15, 0.2) is 11.5 Å². The van der Waals surface area contributed by atoms with Crippen LogP contribution in [0.4, 0.5) is 8.78 Å². The monoisotopic (exact) mass is 391 g/mol. The van der Waals surface area contributed by atoms with Gasteiger partial charge in [-0.15, -0.1) is 8.78 Å². The number of hydrogen-bond donors (Lipinski definition) is 1. The van der Waals surface area contributed by atoms with Crippen molar-refractivity contribution in [2.24, 2.45) is 15.9 Å². The molecule has 0 saturated heterocycles. The van der Waals surface area contributed by atoms with E-state index in [9.17, 15) is 13.6 Å². The van der Waals surface area contributed by atoms with Gasteiger partial charge in [0, 0.05) is 11.5 Å². The third kappa shape index (κ3) is 4.55. The van der Waals surface area contributed by atoms with E-state index in [1.54, 1.807) is 13.8 Å². The first-order chi connectivity index (χ1) is 13.3. The summed E-state index contributed by atoms with van der Waals surface area (Å²) in [4.78, 5) is 20.5. The Hall–Kier alpha value is -2.77. The number of carbonyl (C=O) groups is 1. The molecule has 8 heteroatoms. The number of hydrogen-bond acceptors (Lipinski definition) is 5. The Kier molecular flexibility index (Phi) is 5.76. The van der Waals surface area contributed by atoms with Crippen LogP contribution < -0.4 is 14.8 Å². The molecule has 2 aliphatic rings. The molecule has 1 aliphatic heterocycles. The number of amidine groups is 1. The summed E-state index contributed by atoms with van der Waals surface area (Å²) in [5.74, 6) is 0.323. The molecule has 1 fully saturated rings. The van der Waals surface area contributed by atoms with Gasteiger partial charge in [0.25, 0.3) is 0 Å². The summed E-state index contributed by atoms with van der Waals surface area (Å²) >= 11 is 0. The molecule has 1 aromatic rings. The SMILES string of the molecule is C=N/C(=C\N=C(C)NC(=O)C1CCCCC1)c1cc2c(cc1C)OC(F)(F)O2. The molecule has 0 spiro atoms. The van der Waals surface area contributed by atoms with Crippen molar-refractivity contribution in [3.8, 4) is 11.5 Å². The standard InChI is InChI=1S/C20H23F2N3O3/c1-12-9-17-18(28-20(21,22)27-17)10-15(12)16(23-3)11-24-13(2)25-19(26)14-7-5-4-6-8-14/h9-11,14H,3-8H2,1-2H3,(H,24,25,26)/b16-11-. The van der Waals surface area contributed by atoms with E-state index in [2.05, 4.69) is 31.5 Å². The van der Waals surface area contributed by atoms with E-state index in [0.717, 1.165) is 25.7 Å². The fraction of sp³-hybridized carbons (Fsp3) is 0.450. The molecule has 6 nitrogen and oxygen atoms in total. The van der Waals surface area contributed by atoms with Gasteiger partial charge < -0.3 is 14.8 Å². The Morgan fingerprint density at radius 3 is 2.54 bits per heavy atom. The van der Waals surface area contributed by atoms with Crippen molar-refractivity contribution >= 4 is 24.2 Å². The van der Waals surface area contributed by atoms with Crippen molar-refractivity contribution in [2.45, 2.75) is 52.2 Å². The van der Waals surface area contributed by atoms with Gasteiger partial charge in [-0.3, -0.25) is 9.79 Å². The van der Waals surface area contributed by atoms with Gasteiger partial charge >= 0.3 is 6.29 Å². The van der Waals surface area contributed by atoms with Crippen molar-refractivity contribution in [3.05, 3.63) is 29.5 Å². The number of benzene rings is 1. The summed E-state index contributed by atoms with van der Waals surface area (Å²) in [7, 11) is 0. The van der Waals surface area contributed by atoms with E-state index < -0.39 is 6.29 Å². The average Bonchev–Trinajstić information content (AvgIpc) is 2.95. The highest BCUT2D eigenvalue weighted by Gasteiger charge is 2.43. The van der Waals surface area contributed by atoms with Crippen molar-refractivity contribution in [3.63, 3.8) is 0 Å². The molecular weight excluding hydrogens is 368 g/mol. The number of nitrogens with zero attached hydrogens (tertiary/aromatic N) is 2. The molecule has 1 N–H and O–H groups in total. The normalized spacial score (nSPS) is 19.4. The van der Waals surface area contributed by atoms with E-state index in [1.165, 1.54) is 24.8 Å². The number of rotatable bonds is 4. The van der Waals surface area contributed by atoms with Crippen LogP contribution in [0.25, 0.3) is 5.70 Å². The van der Waals surface area contributed by atoms with Crippen LogP contribution in [0.2, 0.25) is 0 Å². The third-order valence-corrected chi connectivity index (χ3v) is 4.86. The van der Waals surface area contributed by atoms with Crippen LogP contribution in [0.1, 0.15) is 50.2 Å². The second kappa shape index (κ2) is 8.08. The van der Waals surface area contributed by atoms with Crippen molar-refractivity contribution in [2.75, 3.05) is 0 Å². The zero-order chi connectivity index (χ0) is 20.3. The molecule has 1 heterocycles. The van der Waals surface area contributed by atoms with Crippen LogP contribution >= 0.6 is 0 Å². The predicted molar refractivity (Wildman–Crippen MR) is 103 cm³/mol. The Labute approximate surface area is 162 Å². The summed E-state index contributed by atoms with van der Waals surface area (Å²) in [6.45, 7) is 6.94. The molecule has 0 atom stereocenters. The number of fused-ring (bicyclic) bond motifs is 1. The lowest BCUT2D eigenvalue weighted by molar-refractivity contribution is -0.286. The second-order valence-corrected chi connectivity index (χ2v) is 6.99. The van der Waals surface area contributed by atoms with E-state index in [0.29, 0.717) is 22.7 Å². The first-order valence-corrected chi connectivity index (χ1v) is 9.22. The number of carbonyl (C=O) groups excluding carboxylic acids is 1. The quantitative estimate of drug-likeness (QED) is 0.610. The minimum Gasteiger partial charge on any atom is -0.395 e. The van der Waals surface area contributed by atoms with Gasteiger partial charge in [-0.05, 0) is 51.1 Å². The molecule has 1 aromatic carbocycles. The summed E-state index contributed by atoms with van der Waals surface area (Å²) in [5.41, 5.74) is 1.55. The molecule has 3 rings (SSSR count). The third-order valence-electron chi connectivity index (χ3n) is 4.86. The van der Waals surface area contributed by atoms with Crippen LogP contribution in [-0.4, -0.2) is 24.8 Å². The van der Waals surface area contributed by atoms with Gasteiger partial charge in [0.05, 0.1) is 11.9 Å². The number of aliphatic imine (C=N–C) groups is 2. The molecule has 0 unspecified atom stereocenters. The molecule has 1 amide bonds. The van der Waals surface area contributed by atoms with Crippen LogP contribution in [-0.2, 0) is 4.79 Å². The number of amides is 1. The highest BCUT2D eigenvalue weighted by Crippen LogP contribution is 2.43. The summed E-state index contributed by atoms with van der Waals surface area (Å²) < 4.78 is 35.4. The predicted octanol–water partition coefficient (Wildman–Crippen LogP) is 4.43. The number of ether oxygens (including phenoxy) is 2. The van der Waals surface area contributed by atoms with E-state index in [-0.39, 0.29) is 23.3 Å². The minimum absolute atomic E-state index is 0.0241. The number of nitrogens with one attached hydrogen (secondary N) is 1. The maximum Gasteiger partial charge on any atom is 0.586 e. The van der Waals surface area contributed by atoms with Crippen LogP contribution in [0.3, 0.4) is 0 Å². The molecule has 0 bridgehead atoms. The lowest BCUT2D eigenvalue weighted by atomic mass is 9.89. The number of aryl methyl sites for hydroxylation is 1. The zero-order valence-corrected chi connectivity index (χ0v) is 15.9. The first-order valence-electron chi connectivity index (χ1n) is 9.22. The summed E-state index contributed by atoms with van der Waals surface area (Å²) in [6.07, 6.45) is 2.87. The molecule has 0 radical (unpaired) electrons. The van der Waals surface area contributed by atoms with Gasteiger partial charge in [-0.2, -0.15) is 0 Å². The van der Waals surface area contributed by atoms with Crippen molar-refractivity contribution in [1.82, 2.24) is 5.32 Å². The Morgan fingerprint density at radius 2 is 1.89 bits per heavy atom. The average molecular weight is 391 g/mol. The Morgan fingerprint density at radius 1 is 1.25 bits per heavy atom.